The van der Waals surface area contributed by atoms with E-state index in [0.29, 0.717) is 0 Å². The lowest BCUT2D eigenvalue weighted by atomic mass is 10.0. The number of aryl methyl sites for hydroxylation is 1. The Hall–Kier alpha value is -1.89. The summed E-state index contributed by atoms with van der Waals surface area (Å²) in [7, 11) is -3.71. The molecule has 0 spiro atoms. The van der Waals surface area contributed by atoms with Gasteiger partial charge in [0.1, 0.15) is 0 Å². The normalized spacial score (nSPS) is 12.8. The number of sulfonamides is 1. The Balaban J connectivity index is 2.29. The minimum atomic E-state index is -3.71. The molecule has 0 aliphatic heterocycles. The maximum Gasteiger partial charge on any atom is 0.253 e. The molecule has 5 nitrogen and oxygen atoms in total. The van der Waals surface area contributed by atoms with Crippen molar-refractivity contribution in [3.63, 3.8) is 0 Å². The second-order valence-corrected chi connectivity index (χ2v) is 8.59. The van der Waals surface area contributed by atoms with E-state index in [1.165, 1.54) is 18.2 Å². The van der Waals surface area contributed by atoms with Gasteiger partial charge in [0.25, 0.3) is 5.91 Å². The molecule has 26 heavy (non-hydrogen) atoms. The summed E-state index contributed by atoms with van der Waals surface area (Å²) >= 11 is 6.13. The van der Waals surface area contributed by atoms with E-state index < -0.39 is 15.9 Å². The van der Waals surface area contributed by atoms with Gasteiger partial charge in [0, 0.05) is 6.04 Å². The maximum absolute atomic E-state index is 12.7. The lowest BCUT2D eigenvalue weighted by Crippen LogP contribution is -2.31. The standard InChI is InChI=1S/C19H23ClN2O3S/c1-12(2)22-26(24,25)15-9-10-18(20)17(11-15)19(23)21-14(4)16-8-6-5-7-13(16)3/h5-12,14,22H,1-4H3,(H,21,23). The number of hydrogen-bond acceptors (Lipinski definition) is 3. The van der Waals surface area contributed by atoms with Crippen molar-refractivity contribution in [2.24, 2.45) is 0 Å². The Bertz CT molecular complexity index is 911. The molecule has 2 aromatic carbocycles. The van der Waals surface area contributed by atoms with Crippen LogP contribution in [-0.4, -0.2) is 20.4 Å². The molecular weight excluding hydrogens is 372 g/mol. The quantitative estimate of drug-likeness (QED) is 0.781. The van der Waals surface area contributed by atoms with E-state index in [2.05, 4.69) is 10.0 Å². The van der Waals surface area contributed by atoms with Crippen LogP contribution in [0.15, 0.2) is 47.4 Å². The van der Waals surface area contributed by atoms with Crippen molar-refractivity contribution in [1.29, 1.82) is 0 Å². The Kier molecular flexibility index (Phi) is 6.44. The molecule has 7 heteroatoms. The molecule has 2 rings (SSSR count). The zero-order chi connectivity index (χ0) is 19.5. The number of rotatable bonds is 6. The van der Waals surface area contributed by atoms with Gasteiger partial charge in [-0.05, 0) is 57.0 Å². The molecular formula is C19H23ClN2O3S. The van der Waals surface area contributed by atoms with E-state index in [-0.39, 0.29) is 27.6 Å². The number of benzene rings is 2. The van der Waals surface area contributed by atoms with Gasteiger partial charge in [0.2, 0.25) is 10.0 Å². The second-order valence-electron chi connectivity index (χ2n) is 6.47. The third-order valence-electron chi connectivity index (χ3n) is 3.89. The van der Waals surface area contributed by atoms with Crippen LogP contribution in [0, 0.1) is 6.92 Å². The first-order valence-electron chi connectivity index (χ1n) is 8.30. The monoisotopic (exact) mass is 394 g/mol. The molecule has 0 bridgehead atoms. The van der Waals surface area contributed by atoms with Gasteiger partial charge in [0.15, 0.2) is 0 Å². The summed E-state index contributed by atoms with van der Waals surface area (Å²) in [5.41, 5.74) is 2.17. The fraction of sp³-hybridized carbons (Fsp3) is 0.316. The molecule has 0 radical (unpaired) electrons. The number of carbonyl (C=O) groups excluding carboxylic acids is 1. The van der Waals surface area contributed by atoms with Crippen molar-refractivity contribution in [2.45, 2.75) is 44.7 Å². The number of carbonyl (C=O) groups is 1. The second kappa shape index (κ2) is 8.20. The fourth-order valence-electron chi connectivity index (χ4n) is 2.65. The summed E-state index contributed by atoms with van der Waals surface area (Å²) in [6, 6.07) is 11.3. The van der Waals surface area contributed by atoms with Crippen LogP contribution in [0.1, 0.15) is 48.3 Å². The van der Waals surface area contributed by atoms with E-state index in [1.807, 2.05) is 38.1 Å². The van der Waals surface area contributed by atoms with E-state index in [9.17, 15) is 13.2 Å². The molecule has 1 unspecified atom stereocenters. The molecule has 1 amide bonds. The van der Waals surface area contributed by atoms with E-state index in [0.717, 1.165) is 11.1 Å². The summed E-state index contributed by atoms with van der Waals surface area (Å²) in [6.45, 7) is 7.29. The van der Waals surface area contributed by atoms with Gasteiger partial charge in [0.05, 0.1) is 21.5 Å². The van der Waals surface area contributed by atoms with Crippen LogP contribution in [0.5, 0.6) is 0 Å². The van der Waals surface area contributed by atoms with Crippen molar-refractivity contribution in [2.75, 3.05) is 0 Å². The topological polar surface area (TPSA) is 75.3 Å². The van der Waals surface area contributed by atoms with Gasteiger partial charge in [-0.2, -0.15) is 0 Å². The highest BCUT2D eigenvalue weighted by molar-refractivity contribution is 7.89. The highest BCUT2D eigenvalue weighted by Gasteiger charge is 2.21. The number of halogens is 1. The van der Waals surface area contributed by atoms with Gasteiger partial charge >= 0.3 is 0 Å². The highest BCUT2D eigenvalue weighted by Crippen LogP contribution is 2.23. The largest absolute Gasteiger partial charge is 0.345 e. The molecule has 1 atom stereocenters. The van der Waals surface area contributed by atoms with Crippen LogP contribution < -0.4 is 10.0 Å². The molecule has 2 aromatic rings. The van der Waals surface area contributed by atoms with Crippen LogP contribution in [0.4, 0.5) is 0 Å². The highest BCUT2D eigenvalue weighted by atomic mass is 35.5. The Morgan fingerprint density at radius 1 is 1.08 bits per heavy atom. The van der Waals surface area contributed by atoms with Crippen LogP contribution >= 0.6 is 11.6 Å². The SMILES string of the molecule is Cc1ccccc1C(C)NC(=O)c1cc(S(=O)(=O)NC(C)C)ccc1Cl. The van der Waals surface area contributed by atoms with Crippen LogP contribution in [0.25, 0.3) is 0 Å². The van der Waals surface area contributed by atoms with Crippen LogP contribution in [0.3, 0.4) is 0 Å². The van der Waals surface area contributed by atoms with E-state index in [1.54, 1.807) is 13.8 Å². The first kappa shape index (κ1) is 20.4. The number of hydrogen-bond donors (Lipinski definition) is 2. The van der Waals surface area contributed by atoms with Gasteiger partial charge in [-0.25, -0.2) is 13.1 Å². The summed E-state index contributed by atoms with van der Waals surface area (Å²) in [5, 5.41) is 3.07. The third-order valence-corrected chi connectivity index (χ3v) is 5.87. The first-order valence-corrected chi connectivity index (χ1v) is 10.2. The summed E-state index contributed by atoms with van der Waals surface area (Å²) in [6.07, 6.45) is 0. The van der Waals surface area contributed by atoms with Gasteiger partial charge in [-0.15, -0.1) is 0 Å². The molecule has 0 saturated heterocycles. The van der Waals surface area contributed by atoms with E-state index in [4.69, 9.17) is 11.6 Å². The third kappa shape index (κ3) is 4.84. The molecule has 0 aliphatic rings. The molecule has 0 heterocycles. The van der Waals surface area contributed by atoms with Crippen molar-refractivity contribution < 1.29 is 13.2 Å². The molecule has 0 aliphatic carbocycles. The van der Waals surface area contributed by atoms with Gasteiger partial charge in [-0.1, -0.05) is 35.9 Å². The minimum absolute atomic E-state index is 0.00398. The van der Waals surface area contributed by atoms with Crippen molar-refractivity contribution in [3.05, 3.63) is 64.2 Å². The number of nitrogens with one attached hydrogen (secondary N) is 2. The predicted octanol–water partition coefficient (Wildman–Crippen LogP) is 3.83. The Morgan fingerprint density at radius 3 is 2.35 bits per heavy atom. The van der Waals surface area contributed by atoms with E-state index >= 15 is 0 Å². The average molecular weight is 395 g/mol. The number of amides is 1. The lowest BCUT2D eigenvalue weighted by molar-refractivity contribution is 0.0939. The van der Waals surface area contributed by atoms with Gasteiger partial charge in [-0.3, -0.25) is 4.79 Å². The smallest absolute Gasteiger partial charge is 0.253 e. The van der Waals surface area contributed by atoms with Crippen molar-refractivity contribution in [3.8, 4) is 0 Å². The molecule has 0 saturated carbocycles. The molecule has 0 fully saturated rings. The summed E-state index contributed by atoms with van der Waals surface area (Å²) < 4.78 is 27.2. The van der Waals surface area contributed by atoms with Crippen molar-refractivity contribution in [1.82, 2.24) is 10.0 Å². The zero-order valence-corrected chi connectivity index (χ0v) is 16.8. The molecule has 0 aromatic heterocycles. The van der Waals surface area contributed by atoms with Crippen LogP contribution in [-0.2, 0) is 10.0 Å². The van der Waals surface area contributed by atoms with Crippen LogP contribution in [0.2, 0.25) is 5.02 Å². The van der Waals surface area contributed by atoms with Gasteiger partial charge < -0.3 is 5.32 Å². The summed E-state index contributed by atoms with van der Waals surface area (Å²) in [4.78, 5) is 12.7. The predicted molar refractivity (Wildman–Crippen MR) is 104 cm³/mol. The molecule has 2 N–H and O–H groups in total. The Morgan fingerprint density at radius 2 is 1.73 bits per heavy atom. The minimum Gasteiger partial charge on any atom is -0.345 e. The summed E-state index contributed by atoms with van der Waals surface area (Å²) in [5.74, 6) is -0.424. The fourth-order valence-corrected chi connectivity index (χ4v) is 4.13. The first-order chi connectivity index (χ1) is 12.1. The van der Waals surface area contributed by atoms with Crippen molar-refractivity contribution >= 4 is 27.5 Å². The molecule has 140 valence electrons. The maximum atomic E-state index is 12.7. The zero-order valence-electron chi connectivity index (χ0n) is 15.2. The lowest BCUT2D eigenvalue weighted by Gasteiger charge is -2.17. The Labute approximate surface area is 159 Å². The average Bonchev–Trinajstić information content (AvgIpc) is 2.54.